The minimum Gasteiger partial charge on any atom is -0.444 e. The molecule has 2 N–H and O–H groups in total. The van der Waals surface area contributed by atoms with Crippen LogP contribution < -0.4 is 5.32 Å². The Morgan fingerprint density at radius 1 is 1.59 bits per heavy atom. The molecule has 0 aromatic carbocycles. The normalized spacial score (nSPS) is 18.4. The average molecular weight is 328 g/mol. The Morgan fingerprint density at radius 2 is 2.32 bits per heavy atom. The van der Waals surface area contributed by atoms with Crippen molar-refractivity contribution in [1.29, 1.82) is 0 Å². The highest BCUT2D eigenvalue weighted by atomic mass is 35.5. The van der Waals surface area contributed by atoms with Crippen molar-refractivity contribution in [2.24, 2.45) is 0 Å². The quantitative estimate of drug-likeness (QED) is 0.892. The van der Waals surface area contributed by atoms with Crippen molar-refractivity contribution in [3.05, 3.63) is 22.8 Å². The zero-order valence-electron chi connectivity index (χ0n) is 13.1. The van der Waals surface area contributed by atoms with Gasteiger partial charge in [0, 0.05) is 25.3 Å². The van der Waals surface area contributed by atoms with E-state index < -0.39 is 5.60 Å². The lowest BCUT2D eigenvalue weighted by Gasteiger charge is -2.24. The average Bonchev–Trinajstić information content (AvgIpc) is 2.88. The molecule has 0 unspecified atom stereocenters. The van der Waals surface area contributed by atoms with E-state index >= 15 is 0 Å². The number of nitrogens with zero attached hydrogens (tertiary/aromatic N) is 2. The van der Waals surface area contributed by atoms with Crippen LogP contribution in [0.5, 0.6) is 0 Å². The van der Waals surface area contributed by atoms with Crippen LogP contribution in [0.3, 0.4) is 0 Å². The number of carbonyl (C=O) groups excluding carboxylic acids is 1. The molecule has 0 bridgehead atoms. The van der Waals surface area contributed by atoms with E-state index in [0.29, 0.717) is 29.5 Å². The van der Waals surface area contributed by atoms with Crippen molar-refractivity contribution in [2.75, 3.05) is 18.4 Å². The minimum atomic E-state index is -0.492. The first kappa shape index (κ1) is 16.8. The van der Waals surface area contributed by atoms with Crippen molar-refractivity contribution in [3.8, 4) is 0 Å². The summed E-state index contributed by atoms with van der Waals surface area (Å²) >= 11 is 6.13. The van der Waals surface area contributed by atoms with Crippen LogP contribution in [0.1, 0.15) is 32.8 Å². The number of likely N-dealkylation sites (tertiary alicyclic amines) is 1. The first-order chi connectivity index (χ1) is 10.3. The molecule has 2 heterocycles. The number of nitrogens with one attached hydrogen (secondary N) is 1. The van der Waals surface area contributed by atoms with Gasteiger partial charge in [-0.3, -0.25) is 0 Å². The van der Waals surface area contributed by atoms with E-state index in [1.807, 2.05) is 20.8 Å². The van der Waals surface area contributed by atoms with E-state index in [0.717, 1.165) is 6.42 Å². The van der Waals surface area contributed by atoms with Gasteiger partial charge in [-0.2, -0.15) is 0 Å². The van der Waals surface area contributed by atoms with Crippen LogP contribution in [0.25, 0.3) is 0 Å². The zero-order chi connectivity index (χ0) is 16.3. The Kier molecular flexibility index (Phi) is 5.13. The molecule has 122 valence electrons. The molecule has 1 atom stereocenters. The summed E-state index contributed by atoms with van der Waals surface area (Å²) in [5.41, 5.74) is 0.172. The van der Waals surface area contributed by atoms with E-state index in [-0.39, 0.29) is 18.7 Å². The summed E-state index contributed by atoms with van der Waals surface area (Å²) in [5.74, 6) is 0.565. The second-order valence-electron chi connectivity index (χ2n) is 6.39. The summed E-state index contributed by atoms with van der Waals surface area (Å²) in [7, 11) is 0. The van der Waals surface area contributed by atoms with Crippen LogP contribution in [0.15, 0.2) is 12.3 Å². The summed E-state index contributed by atoms with van der Waals surface area (Å²) in [6, 6.07) is 1.76. The molecule has 1 aromatic heterocycles. The zero-order valence-corrected chi connectivity index (χ0v) is 13.9. The maximum atomic E-state index is 12.0. The van der Waals surface area contributed by atoms with Crippen molar-refractivity contribution < 1.29 is 14.6 Å². The smallest absolute Gasteiger partial charge is 0.410 e. The summed E-state index contributed by atoms with van der Waals surface area (Å²) in [5, 5.41) is 12.7. The number of pyridine rings is 1. The molecule has 6 nitrogen and oxygen atoms in total. The van der Waals surface area contributed by atoms with Crippen molar-refractivity contribution in [3.63, 3.8) is 0 Å². The summed E-state index contributed by atoms with van der Waals surface area (Å²) in [6.07, 6.45) is 2.08. The third-order valence-electron chi connectivity index (χ3n) is 3.26. The molecule has 0 radical (unpaired) electrons. The summed E-state index contributed by atoms with van der Waals surface area (Å²) in [6.45, 7) is 6.64. The highest BCUT2D eigenvalue weighted by Gasteiger charge is 2.30. The van der Waals surface area contributed by atoms with Gasteiger partial charge in [-0.15, -0.1) is 0 Å². The highest BCUT2D eigenvalue weighted by molar-refractivity contribution is 6.32. The van der Waals surface area contributed by atoms with Gasteiger partial charge in [0.05, 0.1) is 11.6 Å². The third-order valence-corrected chi connectivity index (χ3v) is 3.55. The second-order valence-corrected chi connectivity index (χ2v) is 6.80. The summed E-state index contributed by atoms with van der Waals surface area (Å²) in [4.78, 5) is 17.9. The molecule has 22 heavy (non-hydrogen) atoms. The number of carbonyl (C=O) groups is 1. The fourth-order valence-electron chi connectivity index (χ4n) is 2.23. The lowest BCUT2D eigenvalue weighted by molar-refractivity contribution is 0.0293. The molecule has 1 fully saturated rings. The number of rotatable bonds is 3. The lowest BCUT2D eigenvalue weighted by Crippen LogP contribution is -2.36. The molecule has 1 aliphatic heterocycles. The lowest BCUT2D eigenvalue weighted by atomic mass is 10.2. The van der Waals surface area contributed by atoms with Crippen molar-refractivity contribution in [2.45, 2.75) is 45.4 Å². The van der Waals surface area contributed by atoms with Gasteiger partial charge in [0.2, 0.25) is 0 Å². The van der Waals surface area contributed by atoms with Crippen LogP contribution in [-0.2, 0) is 11.3 Å². The summed E-state index contributed by atoms with van der Waals surface area (Å²) < 4.78 is 5.36. The van der Waals surface area contributed by atoms with Crippen LogP contribution in [0.2, 0.25) is 5.02 Å². The van der Waals surface area contributed by atoms with Crippen LogP contribution in [0.4, 0.5) is 10.6 Å². The topological polar surface area (TPSA) is 74.7 Å². The molecule has 2 rings (SSSR count). The number of aliphatic hydroxyl groups is 1. The third kappa shape index (κ3) is 4.48. The maximum absolute atomic E-state index is 12.0. The molecule has 1 saturated heterocycles. The van der Waals surface area contributed by atoms with Gasteiger partial charge >= 0.3 is 6.09 Å². The van der Waals surface area contributed by atoms with E-state index in [2.05, 4.69) is 10.3 Å². The molecule has 1 amide bonds. The molecular weight excluding hydrogens is 306 g/mol. The Balaban J connectivity index is 1.92. The van der Waals surface area contributed by atoms with Crippen molar-refractivity contribution >= 4 is 23.5 Å². The number of ether oxygens (including phenoxy) is 1. The Hall–Kier alpha value is -1.53. The van der Waals surface area contributed by atoms with E-state index in [9.17, 15) is 4.79 Å². The minimum absolute atomic E-state index is 0.0810. The van der Waals surface area contributed by atoms with Gasteiger partial charge in [-0.05, 0) is 38.8 Å². The Labute approximate surface area is 135 Å². The van der Waals surface area contributed by atoms with Gasteiger partial charge in [0.15, 0.2) is 0 Å². The Morgan fingerprint density at radius 3 is 2.91 bits per heavy atom. The molecule has 0 aliphatic carbocycles. The Bertz CT molecular complexity index is 545. The fraction of sp³-hybridized carbons (Fsp3) is 0.600. The van der Waals surface area contributed by atoms with Crippen LogP contribution >= 0.6 is 11.6 Å². The van der Waals surface area contributed by atoms with Crippen LogP contribution in [0, 0.1) is 0 Å². The number of hydrogen-bond acceptors (Lipinski definition) is 5. The van der Waals surface area contributed by atoms with Gasteiger partial charge in [-0.1, -0.05) is 11.6 Å². The van der Waals surface area contributed by atoms with E-state index in [4.69, 9.17) is 21.4 Å². The first-order valence-corrected chi connectivity index (χ1v) is 7.66. The van der Waals surface area contributed by atoms with Gasteiger partial charge in [0.25, 0.3) is 0 Å². The SMILES string of the molecule is CC(C)(C)OC(=O)N1CC[C@@H](Nc2ncc(CO)cc2Cl)C1. The predicted octanol–water partition coefficient (Wildman–Crippen LogP) is 2.65. The van der Waals surface area contributed by atoms with E-state index in [1.165, 1.54) is 0 Å². The largest absolute Gasteiger partial charge is 0.444 e. The number of hydrogen-bond donors (Lipinski definition) is 2. The van der Waals surface area contributed by atoms with E-state index in [1.54, 1.807) is 17.2 Å². The standard InChI is InChI=1S/C15H22ClN3O3/c1-15(2,3)22-14(21)19-5-4-11(8-19)18-13-12(16)6-10(9-20)7-17-13/h6-7,11,20H,4-5,8-9H2,1-3H3,(H,17,18)/t11-/m1/s1. The first-order valence-electron chi connectivity index (χ1n) is 7.28. The molecule has 7 heteroatoms. The number of aliphatic hydroxyl groups excluding tert-OH is 1. The molecule has 1 aromatic rings. The fourth-order valence-corrected chi connectivity index (χ4v) is 2.48. The number of amides is 1. The molecule has 0 spiro atoms. The molecular formula is C15H22ClN3O3. The van der Waals surface area contributed by atoms with Crippen LogP contribution in [-0.4, -0.2) is 45.8 Å². The second kappa shape index (κ2) is 6.71. The van der Waals surface area contributed by atoms with Gasteiger partial charge < -0.3 is 20.1 Å². The number of anilines is 1. The molecule has 0 saturated carbocycles. The van der Waals surface area contributed by atoms with Crippen molar-refractivity contribution in [1.82, 2.24) is 9.88 Å². The monoisotopic (exact) mass is 327 g/mol. The maximum Gasteiger partial charge on any atom is 0.410 e. The highest BCUT2D eigenvalue weighted by Crippen LogP contribution is 2.23. The van der Waals surface area contributed by atoms with Gasteiger partial charge in [-0.25, -0.2) is 9.78 Å². The number of aromatic nitrogens is 1. The predicted molar refractivity (Wildman–Crippen MR) is 85.0 cm³/mol. The number of halogens is 1. The van der Waals surface area contributed by atoms with Gasteiger partial charge in [0.1, 0.15) is 11.4 Å². The molecule has 1 aliphatic rings.